The minimum Gasteiger partial charge on any atom is -0.542 e. The van der Waals surface area contributed by atoms with Crippen LogP contribution in [0.5, 0.6) is 0 Å². The van der Waals surface area contributed by atoms with Crippen molar-refractivity contribution in [3.8, 4) is 11.3 Å². The lowest BCUT2D eigenvalue weighted by atomic mass is 9.88. The number of carboxylic acid groups (broad SMARTS) is 1. The fourth-order valence-electron chi connectivity index (χ4n) is 3.38. The molecule has 0 fully saturated rings. The molecule has 150 valence electrons. The Morgan fingerprint density at radius 3 is 2.43 bits per heavy atom. The van der Waals surface area contributed by atoms with Gasteiger partial charge in [-0.2, -0.15) is 13.2 Å². The molecule has 0 unspecified atom stereocenters. The maximum Gasteiger partial charge on any atom is 0.430 e. The number of hydrogen-bond donors (Lipinski definition) is 0. The summed E-state index contributed by atoms with van der Waals surface area (Å²) in [5, 5.41) is 11.7. The van der Waals surface area contributed by atoms with Gasteiger partial charge in [0.05, 0.1) is 16.8 Å². The van der Waals surface area contributed by atoms with Gasteiger partial charge in [-0.05, 0) is 17.5 Å². The van der Waals surface area contributed by atoms with Crippen LogP contribution in [0.3, 0.4) is 0 Å². The summed E-state index contributed by atoms with van der Waals surface area (Å²) >= 11 is 0. The number of nitrogens with zero attached hydrogens (tertiary/aromatic N) is 3. The van der Waals surface area contributed by atoms with Crippen molar-refractivity contribution >= 4 is 33.4 Å². The number of carbonyl (C=O) groups is 2. The fourth-order valence-corrected chi connectivity index (χ4v) is 3.38. The van der Waals surface area contributed by atoms with Crippen molar-refractivity contribution in [1.82, 2.24) is 9.97 Å². The largest absolute Gasteiger partial charge is 0.542 e. The number of aryl methyl sites for hydroxylation is 1. The van der Waals surface area contributed by atoms with E-state index in [0.29, 0.717) is 11.3 Å². The second kappa shape index (κ2) is 6.87. The van der Waals surface area contributed by atoms with Gasteiger partial charge >= 0.3 is 6.18 Å². The van der Waals surface area contributed by atoms with Gasteiger partial charge in [0.25, 0.3) is 0 Å². The van der Waals surface area contributed by atoms with Crippen molar-refractivity contribution in [2.24, 2.45) is 7.05 Å². The predicted molar refractivity (Wildman–Crippen MR) is 98.2 cm³/mol. The zero-order valence-electron chi connectivity index (χ0n) is 15.4. The lowest BCUT2D eigenvalue weighted by molar-refractivity contribution is -0.671. The van der Waals surface area contributed by atoms with Crippen molar-refractivity contribution in [3.05, 3.63) is 66.2 Å². The molecule has 1 aliphatic carbocycles. The first-order valence-electron chi connectivity index (χ1n) is 8.68. The Morgan fingerprint density at radius 2 is 1.73 bits per heavy atom. The first kappa shape index (κ1) is 19.4. The molecule has 0 bridgehead atoms. The van der Waals surface area contributed by atoms with Crippen LogP contribution in [0.4, 0.5) is 13.2 Å². The van der Waals surface area contributed by atoms with Crippen LogP contribution in [0.2, 0.25) is 0 Å². The number of fused-ring (bicyclic) bond motifs is 4. The second-order valence-electron chi connectivity index (χ2n) is 6.61. The summed E-state index contributed by atoms with van der Waals surface area (Å²) < 4.78 is 33.4. The van der Waals surface area contributed by atoms with E-state index in [4.69, 9.17) is 14.9 Å². The van der Waals surface area contributed by atoms with Crippen LogP contribution in [0, 0.1) is 0 Å². The SMILES string of the molecule is C[n+]1ccc2c(c1)C(=O)c1nccc3c1c-2nc1ccccc13.O=C([O-])C(F)(F)F. The quantitative estimate of drug-likeness (QED) is 0.288. The van der Waals surface area contributed by atoms with Crippen LogP contribution < -0.4 is 9.67 Å². The summed E-state index contributed by atoms with van der Waals surface area (Å²) in [4.78, 5) is 30.9. The first-order valence-corrected chi connectivity index (χ1v) is 8.68. The number of aliphatic carboxylic acids is 1. The van der Waals surface area contributed by atoms with Crippen LogP contribution in [0.25, 0.3) is 32.9 Å². The highest BCUT2D eigenvalue weighted by Crippen LogP contribution is 2.39. The molecule has 0 N–H and O–H groups in total. The molecule has 0 atom stereocenters. The van der Waals surface area contributed by atoms with Crippen molar-refractivity contribution in [1.29, 1.82) is 0 Å². The van der Waals surface area contributed by atoms with Gasteiger partial charge in [0.2, 0.25) is 5.78 Å². The summed E-state index contributed by atoms with van der Waals surface area (Å²) in [5.41, 5.74) is 3.81. The number of alkyl halides is 3. The van der Waals surface area contributed by atoms with Crippen molar-refractivity contribution in [2.75, 3.05) is 0 Å². The number of rotatable bonds is 0. The Balaban J connectivity index is 0.000000272. The zero-order chi connectivity index (χ0) is 21.6. The molecule has 5 rings (SSSR count). The number of carbonyl (C=O) groups excluding carboxylic acids is 2. The highest BCUT2D eigenvalue weighted by Gasteiger charge is 2.30. The number of aromatic nitrogens is 3. The van der Waals surface area contributed by atoms with Crippen molar-refractivity contribution < 1.29 is 32.4 Å². The second-order valence-corrected chi connectivity index (χ2v) is 6.61. The smallest absolute Gasteiger partial charge is 0.430 e. The number of benzene rings is 1. The molecule has 0 radical (unpaired) electrons. The van der Waals surface area contributed by atoms with Crippen molar-refractivity contribution in [2.45, 2.75) is 6.18 Å². The van der Waals surface area contributed by atoms with E-state index in [-0.39, 0.29) is 5.78 Å². The highest BCUT2D eigenvalue weighted by atomic mass is 19.4. The van der Waals surface area contributed by atoms with Gasteiger partial charge in [-0.25, -0.2) is 9.55 Å². The van der Waals surface area contributed by atoms with Gasteiger partial charge in [-0.3, -0.25) is 9.78 Å². The average Bonchev–Trinajstić information content (AvgIpc) is 2.71. The zero-order valence-corrected chi connectivity index (χ0v) is 15.4. The van der Waals surface area contributed by atoms with Crippen LogP contribution in [0.15, 0.2) is 55.0 Å². The van der Waals surface area contributed by atoms with E-state index in [9.17, 15) is 18.0 Å². The van der Waals surface area contributed by atoms with E-state index in [1.807, 2.05) is 60.4 Å². The Labute approximate surface area is 167 Å². The predicted octanol–water partition coefficient (Wildman–Crippen LogP) is 2.12. The third-order valence-electron chi connectivity index (χ3n) is 4.66. The number of hydrogen-bond acceptors (Lipinski definition) is 5. The number of halogens is 3. The molecular formula is C21H12F3N3O3. The molecule has 3 heterocycles. The van der Waals surface area contributed by atoms with Crippen LogP contribution in [-0.2, 0) is 11.8 Å². The van der Waals surface area contributed by atoms with Gasteiger partial charge in [0.15, 0.2) is 12.4 Å². The van der Waals surface area contributed by atoms with Gasteiger partial charge in [0, 0.05) is 28.6 Å². The van der Waals surface area contributed by atoms with Gasteiger partial charge in [-0.15, -0.1) is 0 Å². The minimum atomic E-state index is -5.19. The van der Waals surface area contributed by atoms with Gasteiger partial charge in [-0.1, -0.05) is 18.2 Å². The first-order chi connectivity index (χ1) is 14.2. The molecule has 1 aromatic carbocycles. The van der Waals surface area contributed by atoms with E-state index < -0.39 is 12.1 Å². The standard InChI is InChI=1S/C19H12N3O.C2HF3O2/c1-22-9-7-13-14(10-22)19(23)18-16-12(6-8-20-18)11-4-2-3-5-15(11)21-17(13)16;3-2(4,5)1(6)7/h2-10H,1H3;(H,6,7)/q+1;/p-1. The summed E-state index contributed by atoms with van der Waals surface area (Å²) in [6.45, 7) is 0. The molecule has 0 amide bonds. The molecule has 6 nitrogen and oxygen atoms in total. The number of pyridine rings is 3. The Hall–Kier alpha value is -3.88. The lowest BCUT2D eigenvalue weighted by Gasteiger charge is -2.18. The third-order valence-corrected chi connectivity index (χ3v) is 4.66. The Bertz CT molecular complexity index is 1350. The van der Waals surface area contributed by atoms with Crippen LogP contribution in [0.1, 0.15) is 16.1 Å². The summed E-state index contributed by atoms with van der Waals surface area (Å²) in [5.74, 6) is -3.04. The van der Waals surface area contributed by atoms with Crippen LogP contribution >= 0.6 is 0 Å². The van der Waals surface area contributed by atoms with E-state index >= 15 is 0 Å². The van der Waals surface area contributed by atoms with Gasteiger partial charge in [0.1, 0.15) is 18.7 Å². The molecular weight excluding hydrogens is 399 g/mol. The van der Waals surface area contributed by atoms with E-state index in [2.05, 4.69) is 4.98 Å². The van der Waals surface area contributed by atoms with E-state index in [1.165, 1.54) is 0 Å². The van der Waals surface area contributed by atoms with E-state index in [1.54, 1.807) is 6.20 Å². The molecule has 0 aliphatic heterocycles. The van der Waals surface area contributed by atoms with Gasteiger partial charge < -0.3 is 9.90 Å². The average molecular weight is 411 g/mol. The maximum absolute atomic E-state index is 12.9. The van der Waals surface area contributed by atoms with Crippen LogP contribution in [-0.4, -0.2) is 27.9 Å². The molecule has 30 heavy (non-hydrogen) atoms. The highest BCUT2D eigenvalue weighted by molar-refractivity contribution is 6.26. The normalized spacial score (nSPS) is 12.3. The fraction of sp³-hybridized carbons (Fsp3) is 0.0952. The lowest BCUT2D eigenvalue weighted by Crippen LogP contribution is -2.37. The molecule has 0 saturated carbocycles. The Kier molecular flexibility index (Phi) is 4.45. The summed E-state index contributed by atoms with van der Waals surface area (Å²) in [7, 11) is 1.91. The Morgan fingerprint density at radius 1 is 1.03 bits per heavy atom. The maximum atomic E-state index is 12.9. The molecule has 3 aromatic heterocycles. The molecule has 1 aliphatic rings. The third kappa shape index (κ3) is 3.14. The number of para-hydroxylation sites is 1. The summed E-state index contributed by atoms with van der Waals surface area (Å²) in [6, 6.07) is 11.9. The number of ketones is 1. The monoisotopic (exact) mass is 411 g/mol. The summed E-state index contributed by atoms with van der Waals surface area (Å²) in [6.07, 6.45) is 0.299. The number of carboxylic acids is 1. The molecule has 4 aromatic rings. The minimum absolute atomic E-state index is 0.0358. The topological polar surface area (TPSA) is 86.9 Å². The molecule has 9 heteroatoms. The van der Waals surface area contributed by atoms with Crippen molar-refractivity contribution in [3.63, 3.8) is 0 Å². The molecule has 0 spiro atoms. The molecule has 0 saturated heterocycles. The van der Waals surface area contributed by atoms with E-state index in [0.717, 1.165) is 32.9 Å².